The Labute approximate surface area is 74.8 Å². The fourth-order valence-electron chi connectivity index (χ4n) is 1.60. The molecule has 1 heteroatoms. The number of hydrogen-bond donors (Lipinski definition) is 1. The second-order valence-electron chi connectivity index (χ2n) is 4.37. The summed E-state index contributed by atoms with van der Waals surface area (Å²) < 4.78 is 0. The van der Waals surface area contributed by atoms with Crippen LogP contribution in [0.3, 0.4) is 0 Å². The molecule has 1 nitrogen and oxygen atoms in total. The minimum Gasteiger partial charge on any atom is -0.390 e. The van der Waals surface area contributed by atoms with Crippen molar-refractivity contribution in [2.24, 2.45) is 11.3 Å². The van der Waals surface area contributed by atoms with Crippen LogP contribution in [0.1, 0.15) is 27.7 Å². The fourth-order valence-corrected chi connectivity index (χ4v) is 1.60. The molecule has 1 N–H and O–H groups in total. The molecule has 68 valence electrons. The third-order valence-corrected chi connectivity index (χ3v) is 3.22. The molecule has 2 atom stereocenters. The van der Waals surface area contributed by atoms with E-state index in [1.165, 1.54) is 0 Å². The van der Waals surface area contributed by atoms with Gasteiger partial charge in [0.05, 0.1) is 5.60 Å². The second-order valence-corrected chi connectivity index (χ2v) is 4.37. The summed E-state index contributed by atoms with van der Waals surface area (Å²) in [7, 11) is 0. The van der Waals surface area contributed by atoms with E-state index in [-0.39, 0.29) is 5.41 Å². The lowest BCUT2D eigenvalue weighted by atomic mass is 9.65. The van der Waals surface area contributed by atoms with Gasteiger partial charge in [0.1, 0.15) is 0 Å². The highest BCUT2D eigenvalue weighted by molar-refractivity contribution is 5.21. The molecule has 0 heterocycles. The van der Waals surface area contributed by atoms with Crippen molar-refractivity contribution >= 4 is 0 Å². The average molecular weight is 166 g/mol. The van der Waals surface area contributed by atoms with E-state index in [0.717, 1.165) is 0 Å². The molecule has 0 aromatic rings. The Morgan fingerprint density at radius 3 is 2.25 bits per heavy atom. The van der Waals surface area contributed by atoms with Crippen LogP contribution >= 0.6 is 0 Å². The molecular formula is C11H18O. The summed E-state index contributed by atoms with van der Waals surface area (Å²) in [5.41, 5.74) is -0.796. The van der Waals surface area contributed by atoms with Crippen molar-refractivity contribution < 1.29 is 5.11 Å². The van der Waals surface area contributed by atoms with E-state index in [4.69, 9.17) is 0 Å². The minimum absolute atomic E-state index is 0.137. The van der Waals surface area contributed by atoms with Crippen molar-refractivity contribution in [1.29, 1.82) is 0 Å². The van der Waals surface area contributed by atoms with Crippen LogP contribution in [0.4, 0.5) is 0 Å². The van der Waals surface area contributed by atoms with Crippen LogP contribution in [0, 0.1) is 11.3 Å². The zero-order valence-corrected chi connectivity index (χ0v) is 8.33. The Hall–Kier alpha value is -0.560. The highest BCUT2D eigenvalue weighted by Gasteiger charge is 2.41. The van der Waals surface area contributed by atoms with Crippen LogP contribution in [-0.4, -0.2) is 10.7 Å². The fraction of sp³-hybridized carbons (Fsp3) is 0.636. The van der Waals surface area contributed by atoms with Gasteiger partial charge in [0.2, 0.25) is 0 Å². The van der Waals surface area contributed by atoms with Crippen molar-refractivity contribution in [1.82, 2.24) is 0 Å². The maximum absolute atomic E-state index is 9.99. The van der Waals surface area contributed by atoms with E-state index in [0.29, 0.717) is 5.92 Å². The summed E-state index contributed by atoms with van der Waals surface area (Å²) in [4.78, 5) is 0. The van der Waals surface area contributed by atoms with Crippen LogP contribution in [-0.2, 0) is 0 Å². The monoisotopic (exact) mass is 166 g/mol. The molecule has 2 unspecified atom stereocenters. The zero-order valence-electron chi connectivity index (χ0n) is 8.33. The Bertz CT molecular complexity index is 220. The van der Waals surface area contributed by atoms with Crippen molar-refractivity contribution in [2.45, 2.75) is 33.3 Å². The molecule has 0 aromatic carbocycles. The Morgan fingerprint density at radius 1 is 1.33 bits per heavy atom. The third kappa shape index (κ3) is 1.34. The molecule has 0 spiro atoms. The third-order valence-electron chi connectivity index (χ3n) is 3.22. The predicted molar refractivity (Wildman–Crippen MR) is 51.8 cm³/mol. The van der Waals surface area contributed by atoms with E-state index in [1.807, 2.05) is 26.0 Å². The lowest BCUT2D eigenvalue weighted by Crippen LogP contribution is -2.44. The Balaban J connectivity index is 2.99. The predicted octanol–water partition coefficient (Wildman–Crippen LogP) is 2.53. The lowest BCUT2D eigenvalue weighted by Gasteiger charge is -2.43. The quantitative estimate of drug-likeness (QED) is 0.634. The molecule has 0 aromatic heterocycles. The van der Waals surface area contributed by atoms with E-state index >= 15 is 0 Å². The topological polar surface area (TPSA) is 20.2 Å². The molecule has 0 bridgehead atoms. The standard InChI is InChI=1S/C11H18O/c1-9-7-5-6-8-11(9,4)10(2,3)12/h5-9,12H,1-4H3. The number of rotatable bonds is 1. The van der Waals surface area contributed by atoms with Gasteiger partial charge in [-0.3, -0.25) is 0 Å². The summed E-state index contributed by atoms with van der Waals surface area (Å²) in [5, 5.41) is 9.99. The summed E-state index contributed by atoms with van der Waals surface area (Å²) in [6, 6.07) is 0. The van der Waals surface area contributed by atoms with Crippen LogP contribution in [0.2, 0.25) is 0 Å². The van der Waals surface area contributed by atoms with Crippen molar-refractivity contribution in [3.63, 3.8) is 0 Å². The van der Waals surface area contributed by atoms with Crippen molar-refractivity contribution in [3.8, 4) is 0 Å². The summed E-state index contributed by atoms with van der Waals surface area (Å²) >= 11 is 0. The molecule has 12 heavy (non-hydrogen) atoms. The molecule has 0 amide bonds. The maximum atomic E-state index is 9.99. The normalized spacial score (nSPS) is 35.6. The first kappa shape index (κ1) is 9.53. The Morgan fingerprint density at radius 2 is 1.92 bits per heavy atom. The number of aliphatic hydroxyl groups is 1. The minimum atomic E-state index is -0.659. The van der Waals surface area contributed by atoms with Crippen LogP contribution in [0.15, 0.2) is 24.3 Å². The SMILES string of the molecule is CC1C=CC=CC1(C)C(C)(C)O. The zero-order chi connectivity index (χ0) is 9.41. The largest absolute Gasteiger partial charge is 0.390 e. The smallest absolute Gasteiger partial charge is 0.0685 e. The molecule has 1 rings (SSSR count). The molecular weight excluding hydrogens is 148 g/mol. The van der Waals surface area contributed by atoms with Gasteiger partial charge in [-0.2, -0.15) is 0 Å². The summed E-state index contributed by atoms with van der Waals surface area (Å²) in [6.07, 6.45) is 8.28. The van der Waals surface area contributed by atoms with Gasteiger partial charge in [-0.25, -0.2) is 0 Å². The van der Waals surface area contributed by atoms with Gasteiger partial charge >= 0.3 is 0 Å². The molecule has 0 radical (unpaired) electrons. The molecule has 0 saturated carbocycles. The van der Waals surface area contributed by atoms with Crippen LogP contribution in [0.5, 0.6) is 0 Å². The first-order chi connectivity index (χ1) is 5.38. The van der Waals surface area contributed by atoms with E-state index in [1.54, 1.807) is 0 Å². The van der Waals surface area contributed by atoms with Crippen LogP contribution in [0.25, 0.3) is 0 Å². The summed E-state index contributed by atoms with van der Waals surface area (Å²) in [5.74, 6) is 0.391. The van der Waals surface area contributed by atoms with Gasteiger partial charge in [-0.15, -0.1) is 0 Å². The van der Waals surface area contributed by atoms with E-state index in [9.17, 15) is 5.11 Å². The van der Waals surface area contributed by atoms with Crippen molar-refractivity contribution in [2.75, 3.05) is 0 Å². The van der Waals surface area contributed by atoms with Gasteiger partial charge < -0.3 is 5.11 Å². The first-order valence-corrected chi connectivity index (χ1v) is 4.46. The maximum Gasteiger partial charge on any atom is 0.0685 e. The highest BCUT2D eigenvalue weighted by atomic mass is 16.3. The lowest BCUT2D eigenvalue weighted by molar-refractivity contribution is -0.0365. The van der Waals surface area contributed by atoms with Gasteiger partial charge in [0.25, 0.3) is 0 Å². The van der Waals surface area contributed by atoms with Gasteiger partial charge in [0, 0.05) is 5.41 Å². The molecule has 0 fully saturated rings. The van der Waals surface area contributed by atoms with E-state index in [2.05, 4.69) is 26.0 Å². The Kier molecular flexibility index (Phi) is 2.17. The van der Waals surface area contributed by atoms with E-state index < -0.39 is 5.60 Å². The molecule has 0 saturated heterocycles. The highest BCUT2D eigenvalue weighted by Crippen LogP contribution is 2.42. The molecule has 0 aliphatic heterocycles. The summed E-state index contributed by atoms with van der Waals surface area (Å²) in [6.45, 7) is 7.97. The van der Waals surface area contributed by atoms with Gasteiger partial charge in [-0.1, -0.05) is 38.2 Å². The van der Waals surface area contributed by atoms with Gasteiger partial charge in [0.15, 0.2) is 0 Å². The van der Waals surface area contributed by atoms with Gasteiger partial charge in [-0.05, 0) is 19.8 Å². The number of allylic oxidation sites excluding steroid dienone is 3. The van der Waals surface area contributed by atoms with Crippen molar-refractivity contribution in [3.05, 3.63) is 24.3 Å². The molecule has 1 aliphatic carbocycles. The average Bonchev–Trinajstić information content (AvgIpc) is 1.93. The molecule has 1 aliphatic rings. The number of hydrogen-bond acceptors (Lipinski definition) is 1. The first-order valence-electron chi connectivity index (χ1n) is 4.46. The second kappa shape index (κ2) is 2.74. The van der Waals surface area contributed by atoms with Crippen LogP contribution < -0.4 is 0 Å².